The van der Waals surface area contributed by atoms with Crippen molar-refractivity contribution in [2.24, 2.45) is 0 Å². The maximum absolute atomic E-state index is 11.9. The first-order valence-electron chi connectivity index (χ1n) is 6.02. The summed E-state index contributed by atoms with van der Waals surface area (Å²) in [5.41, 5.74) is 1.82. The first-order valence-corrected chi connectivity index (χ1v) is 6.02. The van der Waals surface area contributed by atoms with Crippen LogP contribution in [-0.2, 0) is 0 Å². The van der Waals surface area contributed by atoms with E-state index in [4.69, 9.17) is 4.74 Å². The second kappa shape index (κ2) is 6.40. The minimum absolute atomic E-state index is 0.122. The minimum Gasteiger partial charge on any atom is -0.496 e. The molecule has 1 N–H and O–H groups in total. The van der Waals surface area contributed by atoms with Gasteiger partial charge in [-0.15, -0.1) is 0 Å². The van der Waals surface area contributed by atoms with Crippen molar-refractivity contribution >= 4 is 5.78 Å². The van der Waals surface area contributed by atoms with Gasteiger partial charge in [-0.05, 0) is 36.2 Å². The van der Waals surface area contributed by atoms with Crippen molar-refractivity contribution in [1.82, 2.24) is 5.32 Å². The lowest BCUT2D eigenvalue weighted by Gasteiger charge is -2.13. The minimum atomic E-state index is 0.122. The SMILES string of the molecule is CCNCC(=O)c1ccc(OC)c(C(C)C)c1. The summed E-state index contributed by atoms with van der Waals surface area (Å²) in [5, 5.41) is 3.04. The van der Waals surface area contributed by atoms with Gasteiger partial charge in [0.15, 0.2) is 5.78 Å². The number of rotatable bonds is 6. The number of nitrogens with one attached hydrogen (secondary N) is 1. The molecule has 0 heterocycles. The molecule has 17 heavy (non-hydrogen) atoms. The molecule has 0 amide bonds. The summed E-state index contributed by atoms with van der Waals surface area (Å²) in [6, 6.07) is 5.63. The predicted octanol–water partition coefficient (Wildman–Crippen LogP) is 2.61. The highest BCUT2D eigenvalue weighted by molar-refractivity contribution is 5.98. The molecular weight excluding hydrogens is 214 g/mol. The summed E-state index contributed by atoms with van der Waals surface area (Å²) in [6.07, 6.45) is 0. The summed E-state index contributed by atoms with van der Waals surface area (Å²) >= 11 is 0. The van der Waals surface area contributed by atoms with Gasteiger partial charge in [0.05, 0.1) is 13.7 Å². The molecule has 0 fully saturated rings. The fourth-order valence-corrected chi connectivity index (χ4v) is 1.70. The molecule has 0 unspecified atom stereocenters. The third-order valence-electron chi connectivity index (χ3n) is 2.71. The summed E-state index contributed by atoms with van der Waals surface area (Å²) < 4.78 is 5.30. The van der Waals surface area contributed by atoms with Crippen LogP contribution in [-0.4, -0.2) is 26.0 Å². The van der Waals surface area contributed by atoms with E-state index in [1.807, 2.05) is 25.1 Å². The van der Waals surface area contributed by atoms with E-state index in [2.05, 4.69) is 19.2 Å². The van der Waals surface area contributed by atoms with Crippen LogP contribution in [0.5, 0.6) is 5.75 Å². The zero-order chi connectivity index (χ0) is 12.8. The van der Waals surface area contributed by atoms with Gasteiger partial charge in [-0.2, -0.15) is 0 Å². The smallest absolute Gasteiger partial charge is 0.176 e. The number of hydrogen-bond acceptors (Lipinski definition) is 3. The van der Waals surface area contributed by atoms with Crippen LogP contribution in [0.4, 0.5) is 0 Å². The van der Waals surface area contributed by atoms with Crippen molar-refractivity contribution in [3.8, 4) is 5.75 Å². The second-order valence-electron chi connectivity index (χ2n) is 4.31. The number of ketones is 1. The van der Waals surface area contributed by atoms with Crippen molar-refractivity contribution in [3.05, 3.63) is 29.3 Å². The standard InChI is InChI=1S/C14H21NO2/c1-5-15-9-13(16)11-6-7-14(17-4)12(8-11)10(2)3/h6-8,10,15H,5,9H2,1-4H3. The Bertz CT molecular complexity index is 386. The summed E-state index contributed by atoms with van der Waals surface area (Å²) in [4.78, 5) is 11.9. The number of ether oxygens (including phenoxy) is 1. The molecule has 0 aliphatic heterocycles. The highest BCUT2D eigenvalue weighted by Gasteiger charge is 2.12. The molecule has 0 spiro atoms. The third kappa shape index (κ3) is 3.56. The quantitative estimate of drug-likeness (QED) is 0.770. The zero-order valence-corrected chi connectivity index (χ0v) is 11.0. The van der Waals surface area contributed by atoms with Crippen molar-refractivity contribution in [1.29, 1.82) is 0 Å². The number of methoxy groups -OCH3 is 1. The lowest BCUT2D eigenvalue weighted by Crippen LogP contribution is -2.22. The summed E-state index contributed by atoms with van der Waals surface area (Å²) in [6.45, 7) is 7.37. The van der Waals surface area contributed by atoms with Gasteiger partial charge < -0.3 is 10.1 Å². The van der Waals surface area contributed by atoms with Gasteiger partial charge in [0, 0.05) is 5.56 Å². The van der Waals surface area contributed by atoms with Crippen LogP contribution in [0.1, 0.15) is 42.6 Å². The topological polar surface area (TPSA) is 38.3 Å². The lowest BCUT2D eigenvalue weighted by molar-refractivity contribution is 0.0991. The molecule has 0 bridgehead atoms. The molecule has 1 aromatic carbocycles. The fraction of sp³-hybridized carbons (Fsp3) is 0.500. The number of hydrogen-bond donors (Lipinski definition) is 1. The normalized spacial score (nSPS) is 10.6. The fourth-order valence-electron chi connectivity index (χ4n) is 1.70. The summed E-state index contributed by atoms with van der Waals surface area (Å²) in [7, 11) is 1.65. The summed E-state index contributed by atoms with van der Waals surface area (Å²) in [5.74, 6) is 1.31. The average molecular weight is 235 g/mol. The maximum atomic E-state index is 11.9. The Labute approximate surface area is 103 Å². The van der Waals surface area contributed by atoms with Crippen molar-refractivity contribution < 1.29 is 9.53 Å². The lowest BCUT2D eigenvalue weighted by atomic mass is 9.98. The number of carbonyl (C=O) groups is 1. The third-order valence-corrected chi connectivity index (χ3v) is 2.71. The van der Waals surface area contributed by atoms with Crippen LogP contribution in [0, 0.1) is 0 Å². The van der Waals surface area contributed by atoms with Crippen molar-refractivity contribution in [2.45, 2.75) is 26.7 Å². The Hall–Kier alpha value is -1.35. The molecule has 0 saturated heterocycles. The van der Waals surface area contributed by atoms with E-state index in [0.717, 1.165) is 23.4 Å². The largest absolute Gasteiger partial charge is 0.496 e. The maximum Gasteiger partial charge on any atom is 0.176 e. The Morgan fingerprint density at radius 1 is 1.41 bits per heavy atom. The Morgan fingerprint density at radius 3 is 2.65 bits per heavy atom. The number of likely N-dealkylation sites (N-methyl/N-ethyl adjacent to an activating group) is 1. The van der Waals surface area contributed by atoms with Gasteiger partial charge in [-0.25, -0.2) is 0 Å². The molecule has 1 rings (SSSR count). The van der Waals surface area contributed by atoms with Crippen LogP contribution >= 0.6 is 0 Å². The first kappa shape index (κ1) is 13.7. The molecule has 0 radical (unpaired) electrons. The number of Topliss-reactive ketones (excluding diaryl/α,β-unsaturated/α-hetero) is 1. The first-order chi connectivity index (χ1) is 8.10. The van der Waals surface area contributed by atoms with Crippen LogP contribution in [0.25, 0.3) is 0 Å². The molecule has 0 saturated carbocycles. The highest BCUT2D eigenvalue weighted by Crippen LogP contribution is 2.27. The Kier molecular flexibility index (Phi) is 5.16. The van der Waals surface area contributed by atoms with Crippen LogP contribution < -0.4 is 10.1 Å². The van der Waals surface area contributed by atoms with E-state index >= 15 is 0 Å². The van der Waals surface area contributed by atoms with E-state index in [1.54, 1.807) is 7.11 Å². The van der Waals surface area contributed by atoms with Gasteiger partial charge in [-0.3, -0.25) is 4.79 Å². The van der Waals surface area contributed by atoms with E-state index in [-0.39, 0.29) is 5.78 Å². The Morgan fingerprint density at radius 2 is 2.12 bits per heavy atom. The van der Waals surface area contributed by atoms with Gasteiger partial charge >= 0.3 is 0 Å². The van der Waals surface area contributed by atoms with Crippen LogP contribution in [0.2, 0.25) is 0 Å². The molecule has 0 aromatic heterocycles. The van der Waals surface area contributed by atoms with Gasteiger partial charge in [0.2, 0.25) is 0 Å². The van der Waals surface area contributed by atoms with Gasteiger partial charge in [0.1, 0.15) is 5.75 Å². The number of carbonyl (C=O) groups excluding carboxylic acids is 1. The van der Waals surface area contributed by atoms with Gasteiger partial charge in [0.25, 0.3) is 0 Å². The molecule has 3 nitrogen and oxygen atoms in total. The highest BCUT2D eigenvalue weighted by atomic mass is 16.5. The van der Waals surface area contributed by atoms with Crippen LogP contribution in [0.3, 0.4) is 0 Å². The molecule has 0 aliphatic rings. The molecule has 1 aromatic rings. The predicted molar refractivity (Wildman–Crippen MR) is 70.0 cm³/mol. The number of benzene rings is 1. The molecular formula is C14H21NO2. The van der Waals surface area contributed by atoms with E-state index < -0.39 is 0 Å². The monoisotopic (exact) mass is 235 g/mol. The van der Waals surface area contributed by atoms with Gasteiger partial charge in [-0.1, -0.05) is 20.8 Å². The Balaban J connectivity index is 2.95. The molecule has 0 aliphatic carbocycles. The zero-order valence-electron chi connectivity index (χ0n) is 11.0. The second-order valence-corrected chi connectivity index (χ2v) is 4.31. The van der Waals surface area contributed by atoms with Crippen molar-refractivity contribution in [3.63, 3.8) is 0 Å². The van der Waals surface area contributed by atoms with E-state index in [1.165, 1.54) is 0 Å². The molecule has 94 valence electrons. The van der Waals surface area contributed by atoms with E-state index in [0.29, 0.717) is 12.5 Å². The van der Waals surface area contributed by atoms with Crippen molar-refractivity contribution in [2.75, 3.05) is 20.2 Å². The van der Waals surface area contributed by atoms with E-state index in [9.17, 15) is 4.79 Å². The van der Waals surface area contributed by atoms with Crippen LogP contribution in [0.15, 0.2) is 18.2 Å². The average Bonchev–Trinajstić information content (AvgIpc) is 2.34. The molecule has 0 atom stereocenters. The molecule has 3 heteroatoms.